The van der Waals surface area contributed by atoms with E-state index >= 15 is 0 Å². The summed E-state index contributed by atoms with van der Waals surface area (Å²) in [7, 11) is 0. The third-order valence-corrected chi connectivity index (χ3v) is 19.5. The fraction of sp³-hybridized carbons (Fsp3) is 0.741. The summed E-state index contributed by atoms with van der Waals surface area (Å²) in [6.07, 6.45) is 12.6. The van der Waals surface area contributed by atoms with Crippen molar-refractivity contribution in [3.8, 4) is 0 Å². The van der Waals surface area contributed by atoms with Crippen molar-refractivity contribution in [3.63, 3.8) is 0 Å². The van der Waals surface area contributed by atoms with Gasteiger partial charge in [-0.25, -0.2) is 0 Å². The van der Waals surface area contributed by atoms with Crippen molar-refractivity contribution in [2.24, 2.45) is 73.0 Å². The highest BCUT2D eigenvalue weighted by Crippen LogP contribution is 2.77. The summed E-state index contributed by atoms with van der Waals surface area (Å²) >= 11 is 6.08. The lowest BCUT2D eigenvalue weighted by atomic mass is 9.33. The first-order chi connectivity index (χ1) is 30.5. The summed E-state index contributed by atoms with van der Waals surface area (Å²) in [5.41, 5.74) is 1.31. The largest absolute Gasteiger partial charge is 0.481 e. The van der Waals surface area contributed by atoms with Crippen LogP contribution in [0.15, 0.2) is 40.4 Å². The van der Waals surface area contributed by atoms with E-state index in [-0.39, 0.29) is 82.2 Å². The molecule has 11 heteroatoms. The number of allylic oxidation sites excluding steroid dienone is 2. The van der Waals surface area contributed by atoms with Crippen molar-refractivity contribution >= 4 is 47.4 Å². The zero-order valence-electron chi connectivity index (χ0n) is 41.0. The maximum absolute atomic E-state index is 14.5. The average Bonchev–Trinajstić information content (AvgIpc) is 3.52. The second-order valence-corrected chi connectivity index (χ2v) is 24.0. The van der Waals surface area contributed by atoms with Crippen molar-refractivity contribution in [1.82, 2.24) is 10.6 Å². The molecule has 11 atom stereocenters. The predicted molar refractivity (Wildman–Crippen MR) is 256 cm³/mol. The van der Waals surface area contributed by atoms with Crippen molar-refractivity contribution in [2.45, 2.75) is 171 Å². The molecule has 3 N–H and O–H groups in total. The lowest BCUT2D eigenvalue weighted by Crippen LogP contribution is -2.66. The summed E-state index contributed by atoms with van der Waals surface area (Å²) in [4.78, 5) is 72.0. The molecule has 6 aliphatic rings. The van der Waals surface area contributed by atoms with Crippen LogP contribution in [0.1, 0.15) is 169 Å². The lowest BCUT2D eigenvalue weighted by Gasteiger charge is -2.72. The van der Waals surface area contributed by atoms with Crippen LogP contribution in [0.3, 0.4) is 0 Å². The first kappa shape index (κ1) is 49.4. The number of ketones is 1. The number of carboxylic acid groups (broad SMARTS) is 1. The van der Waals surface area contributed by atoms with Gasteiger partial charge in [-0.05, 0) is 158 Å². The second-order valence-electron chi connectivity index (χ2n) is 23.6. The van der Waals surface area contributed by atoms with Crippen LogP contribution in [0.25, 0.3) is 0 Å². The molecular formula is C54H78ClN3O7. The number of fused-ring (bicyclic) bond motifs is 7. The van der Waals surface area contributed by atoms with Gasteiger partial charge in [0.25, 0.3) is 5.91 Å². The number of rotatable bonds is 15. The Balaban J connectivity index is 1.09. The summed E-state index contributed by atoms with van der Waals surface area (Å²) in [6.45, 7) is 23.2. The van der Waals surface area contributed by atoms with Gasteiger partial charge in [0.05, 0.1) is 11.8 Å². The highest BCUT2D eigenvalue weighted by Gasteiger charge is 2.70. The van der Waals surface area contributed by atoms with E-state index in [9.17, 15) is 29.1 Å². The number of carbonyl (C=O) groups excluding carboxylic acids is 4. The highest BCUT2D eigenvalue weighted by molar-refractivity contribution is 6.30. The third kappa shape index (κ3) is 8.55. The Hall–Kier alpha value is -3.53. The molecule has 0 aromatic heterocycles. The Kier molecular flexibility index (Phi) is 13.8. The summed E-state index contributed by atoms with van der Waals surface area (Å²) in [5.74, 6) is -1.04. The summed E-state index contributed by atoms with van der Waals surface area (Å²) in [5, 5.41) is 16.6. The maximum atomic E-state index is 14.5. The summed E-state index contributed by atoms with van der Waals surface area (Å²) < 4.78 is 6.44. The zero-order valence-corrected chi connectivity index (χ0v) is 41.8. The molecule has 7 rings (SSSR count). The van der Waals surface area contributed by atoms with Crippen molar-refractivity contribution < 1.29 is 33.8 Å². The molecule has 3 unspecified atom stereocenters. The molecule has 0 bridgehead atoms. The van der Waals surface area contributed by atoms with Gasteiger partial charge in [0.15, 0.2) is 5.78 Å². The number of carbonyl (C=O) groups is 5. The topological polar surface area (TPSA) is 151 Å². The van der Waals surface area contributed by atoms with Crippen LogP contribution in [0.4, 0.5) is 0 Å². The molecule has 6 aliphatic carbocycles. The number of hydrogen-bond donors (Lipinski definition) is 3. The number of carboxylic acids is 1. The number of aliphatic imine (C=N–C) groups is 1. The van der Waals surface area contributed by atoms with Crippen LogP contribution >= 0.6 is 11.6 Å². The van der Waals surface area contributed by atoms with Crippen LogP contribution in [0.5, 0.6) is 0 Å². The van der Waals surface area contributed by atoms with Gasteiger partial charge in [-0.2, -0.15) is 0 Å². The van der Waals surface area contributed by atoms with Gasteiger partial charge in [-0.15, -0.1) is 0 Å². The minimum Gasteiger partial charge on any atom is -0.481 e. The smallest absolute Gasteiger partial charge is 0.309 e. The Bertz CT molecular complexity index is 2090. The maximum Gasteiger partial charge on any atom is 0.309 e. The van der Waals surface area contributed by atoms with Crippen LogP contribution in [-0.2, 0) is 23.9 Å². The summed E-state index contributed by atoms with van der Waals surface area (Å²) in [6, 6.07) is 6.48. The van der Waals surface area contributed by atoms with E-state index in [1.165, 1.54) is 5.57 Å². The van der Waals surface area contributed by atoms with Gasteiger partial charge < -0.3 is 20.5 Å². The van der Waals surface area contributed by atoms with E-state index in [0.717, 1.165) is 69.8 Å². The van der Waals surface area contributed by atoms with E-state index in [2.05, 4.69) is 71.0 Å². The van der Waals surface area contributed by atoms with Gasteiger partial charge in [0.1, 0.15) is 6.10 Å². The Morgan fingerprint density at radius 2 is 1.60 bits per heavy atom. The highest BCUT2D eigenvalue weighted by atomic mass is 35.5. The Labute approximate surface area is 393 Å². The van der Waals surface area contributed by atoms with Crippen molar-refractivity contribution in [1.29, 1.82) is 0 Å². The monoisotopic (exact) mass is 916 g/mol. The fourth-order valence-corrected chi connectivity index (χ4v) is 15.6. The number of benzene rings is 1. The predicted octanol–water partition coefficient (Wildman–Crippen LogP) is 10.8. The van der Waals surface area contributed by atoms with E-state index < -0.39 is 28.6 Å². The van der Waals surface area contributed by atoms with Crippen LogP contribution in [0.2, 0.25) is 5.02 Å². The molecule has 1 aromatic carbocycles. The molecule has 5 saturated carbocycles. The first-order valence-electron chi connectivity index (χ1n) is 25.0. The number of nitrogens with one attached hydrogen (secondary N) is 2. The van der Waals surface area contributed by atoms with Crippen LogP contribution in [0, 0.1) is 68.0 Å². The van der Waals surface area contributed by atoms with Crippen LogP contribution in [-0.4, -0.2) is 66.1 Å². The second kappa shape index (κ2) is 18.2. The standard InChI is InChI=1S/C54H78ClN3O7/c1-11-26-56-27-12-13-35(31-57-46(61)33-14-16-34(55)17-15-33)58-43(60)30-54-25-24-52(9)36(45(54)44(32(2)3)39(59)29-54)18-19-41-51(8)22-21-42(50(6,7)40(51)20-23-53(41,52)10)65-48(64)38-28-37(47(62)63)49(38,4)5/h14-17,26,32,35-38,40-42H,11-13,18-25,27-31H2,1-10H3,(H,57,61)(H,58,60)(H,62,63)/t35?,36?,37-,38+,40-,41+,42-,51-,52+,53+,54?/m0/s1. The number of aliphatic carboxylic acids is 1. The average molecular weight is 917 g/mol. The molecule has 0 saturated heterocycles. The minimum atomic E-state index is -0.842. The quantitative estimate of drug-likeness (QED) is 0.0900. The van der Waals surface area contributed by atoms with Gasteiger partial charge in [0.2, 0.25) is 5.91 Å². The zero-order chi connectivity index (χ0) is 47.5. The number of hydrogen-bond acceptors (Lipinski definition) is 7. The molecule has 65 heavy (non-hydrogen) atoms. The third-order valence-electron chi connectivity index (χ3n) is 19.3. The molecule has 10 nitrogen and oxygen atoms in total. The van der Waals surface area contributed by atoms with Crippen LogP contribution < -0.4 is 10.6 Å². The number of ether oxygens (including phenoxy) is 1. The number of halogens is 1. The van der Waals surface area contributed by atoms with Gasteiger partial charge in [-0.3, -0.25) is 29.0 Å². The normalized spacial score (nSPS) is 36.2. The Morgan fingerprint density at radius 1 is 0.892 bits per heavy atom. The molecule has 0 aliphatic heterocycles. The lowest BCUT2D eigenvalue weighted by molar-refractivity contribution is -0.236. The van der Waals surface area contributed by atoms with Gasteiger partial charge >= 0.3 is 11.9 Å². The van der Waals surface area contributed by atoms with Crippen molar-refractivity contribution in [3.05, 3.63) is 46.0 Å². The molecule has 0 spiro atoms. The van der Waals surface area contributed by atoms with Gasteiger partial charge in [-0.1, -0.05) is 86.4 Å². The van der Waals surface area contributed by atoms with Gasteiger partial charge in [0, 0.05) is 53.4 Å². The molecule has 5 fully saturated rings. The van der Waals surface area contributed by atoms with E-state index in [1.54, 1.807) is 24.3 Å². The van der Waals surface area contributed by atoms with E-state index in [1.807, 2.05) is 20.1 Å². The first-order valence-corrected chi connectivity index (χ1v) is 25.4. The fourth-order valence-electron chi connectivity index (χ4n) is 15.5. The van der Waals surface area contributed by atoms with Crippen molar-refractivity contribution in [2.75, 3.05) is 13.1 Å². The molecule has 1 aromatic rings. The number of nitrogens with zero attached hydrogens (tertiary/aromatic N) is 1. The molecule has 358 valence electrons. The molecule has 0 radical (unpaired) electrons. The Morgan fingerprint density at radius 3 is 2.25 bits per heavy atom. The SMILES string of the molecule is CCC=NCCCC(CNC(=O)c1ccc(Cl)cc1)NC(=O)CC12CC[C@]3(C)C(CC[C@@H]4[C@@]5(C)CC[C@H](OC(=O)[C@H]6C[C@@H](C(=O)O)C6(C)C)C(C)(C)[C@@H]5CC[C@]43C)C1=C(C(C)C)C(=O)C2. The number of esters is 1. The molecule has 2 amide bonds. The molecular weight excluding hydrogens is 838 g/mol. The van der Waals surface area contributed by atoms with E-state index in [0.29, 0.717) is 48.2 Å². The molecule has 0 heterocycles. The minimum absolute atomic E-state index is 0.00531. The number of amides is 2. The van der Waals surface area contributed by atoms with E-state index in [4.69, 9.17) is 16.3 Å². The number of Topliss-reactive ketones (excluding diaryl/α,β-unsaturated/α-hetero) is 1.